The normalized spacial score (nSPS) is 10.7. The lowest BCUT2D eigenvalue weighted by atomic mass is 10.1. The van der Waals surface area contributed by atoms with Gasteiger partial charge < -0.3 is 15.0 Å². The van der Waals surface area contributed by atoms with E-state index >= 15 is 0 Å². The van der Waals surface area contributed by atoms with Crippen LogP contribution in [0.25, 0.3) is 16.9 Å². The fraction of sp³-hybridized carbons (Fsp3) is 0.125. The van der Waals surface area contributed by atoms with Gasteiger partial charge in [-0.1, -0.05) is 24.3 Å². The zero-order valence-electron chi connectivity index (χ0n) is 16.8. The third-order valence-corrected chi connectivity index (χ3v) is 4.72. The van der Waals surface area contributed by atoms with Gasteiger partial charge in [0.05, 0.1) is 12.1 Å². The summed E-state index contributed by atoms with van der Waals surface area (Å²) in [6, 6.07) is 19.0. The number of amides is 2. The predicted octanol–water partition coefficient (Wildman–Crippen LogP) is 4.45. The molecule has 2 aromatic carbocycles. The van der Waals surface area contributed by atoms with Crippen LogP contribution in [0.1, 0.15) is 18.1 Å². The number of hydrogen-bond acceptors (Lipinski definition) is 3. The van der Waals surface area contributed by atoms with E-state index in [1.807, 2.05) is 72.2 Å². The summed E-state index contributed by atoms with van der Waals surface area (Å²) in [5.41, 5.74) is 6.27. The average molecular weight is 398 g/mol. The Morgan fingerprint density at radius 3 is 2.30 bits per heavy atom. The van der Waals surface area contributed by atoms with Crippen LogP contribution in [0.15, 0.2) is 73.1 Å². The molecule has 6 nitrogen and oxygen atoms in total. The lowest BCUT2D eigenvalue weighted by Gasteiger charge is -2.07. The molecule has 0 atom stereocenters. The first-order chi connectivity index (χ1) is 14.5. The van der Waals surface area contributed by atoms with E-state index in [1.165, 1.54) is 12.5 Å². The number of nitrogens with zero attached hydrogens (tertiary/aromatic N) is 2. The summed E-state index contributed by atoms with van der Waals surface area (Å²) in [7, 11) is 0. The maximum Gasteiger partial charge on any atom is 0.228 e. The second-order valence-corrected chi connectivity index (χ2v) is 7.28. The molecule has 0 aliphatic carbocycles. The number of benzene rings is 2. The smallest absolute Gasteiger partial charge is 0.228 e. The molecular weight excluding hydrogens is 376 g/mol. The Bertz CT molecular complexity index is 1210. The lowest BCUT2D eigenvalue weighted by molar-refractivity contribution is -0.116. The minimum absolute atomic E-state index is 0.0989. The van der Waals surface area contributed by atoms with E-state index in [1.54, 1.807) is 12.1 Å². The highest BCUT2D eigenvalue weighted by Gasteiger charge is 2.07. The van der Waals surface area contributed by atoms with Crippen LogP contribution in [-0.4, -0.2) is 21.2 Å². The van der Waals surface area contributed by atoms with Gasteiger partial charge in [-0.3, -0.25) is 9.59 Å². The van der Waals surface area contributed by atoms with Crippen LogP contribution in [-0.2, 0) is 16.0 Å². The molecule has 0 radical (unpaired) electrons. The number of imidazole rings is 1. The van der Waals surface area contributed by atoms with Gasteiger partial charge in [-0.05, 0) is 54.4 Å². The molecule has 0 bridgehead atoms. The van der Waals surface area contributed by atoms with Crippen LogP contribution in [0.4, 0.5) is 11.4 Å². The summed E-state index contributed by atoms with van der Waals surface area (Å²) in [6.07, 6.45) is 4.25. The number of aryl methyl sites for hydroxylation is 1. The molecule has 2 heterocycles. The molecule has 0 fully saturated rings. The fourth-order valence-electron chi connectivity index (χ4n) is 3.25. The van der Waals surface area contributed by atoms with Crippen LogP contribution >= 0.6 is 0 Å². The van der Waals surface area contributed by atoms with Gasteiger partial charge in [0.2, 0.25) is 11.8 Å². The highest BCUT2D eigenvalue weighted by atomic mass is 16.2. The number of carbonyl (C=O) groups excluding carboxylic acids is 2. The minimum Gasteiger partial charge on any atom is -0.326 e. The molecule has 0 aliphatic rings. The molecule has 4 rings (SSSR count). The first kappa shape index (κ1) is 19.4. The number of anilines is 2. The number of aromatic nitrogens is 2. The van der Waals surface area contributed by atoms with E-state index in [9.17, 15) is 9.59 Å². The van der Waals surface area contributed by atoms with Crippen LogP contribution in [0, 0.1) is 6.92 Å². The van der Waals surface area contributed by atoms with Crippen molar-refractivity contribution >= 4 is 28.8 Å². The van der Waals surface area contributed by atoms with Gasteiger partial charge in [-0.15, -0.1) is 0 Å². The summed E-state index contributed by atoms with van der Waals surface area (Å²) in [6.45, 7) is 3.51. The summed E-state index contributed by atoms with van der Waals surface area (Å²) in [5, 5.41) is 5.62. The highest BCUT2D eigenvalue weighted by molar-refractivity contribution is 5.93. The monoisotopic (exact) mass is 398 g/mol. The first-order valence-corrected chi connectivity index (χ1v) is 9.68. The highest BCUT2D eigenvalue weighted by Crippen LogP contribution is 2.22. The van der Waals surface area contributed by atoms with E-state index in [2.05, 4.69) is 15.6 Å². The number of carbonyl (C=O) groups is 2. The average Bonchev–Trinajstić information content (AvgIpc) is 3.13. The Balaban J connectivity index is 1.40. The molecule has 0 saturated heterocycles. The maximum atomic E-state index is 12.4. The predicted molar refractivity (Wildman–Crippen MR) is 118 cm³/mol. The third kappa shape index (κ3) is 4.55. The fourth-order valence-corrected chi connectivity index (χ4v) is 3.25. The van der Waals surface area contributed by atoms with Crippen LogP contribution in [0.5, 0.6) is 0 Å². The molecule has 6 heteroatoms. The number of fused-ring (bicyclic) bond motifs is 1. The molecule has 0 aliphatic heterocycles. The van der Waals surface area contributed by atoms with Gasteiger partial charge in [0.1, 0.15) is 5.65 Å². The molecule has 0 unspecified atom stereocenters. The number of pyridine rings is 1. The van der Waals surface area contributed by atoms with Gasteiger partial charge in [0, 0.05) is 36.3 Å². The van der Waals surface area contributed by atoms with Gasteiger partial charge in [0.25, 0.3) is 0 Å². The number of hydrogen-bond donors (Lipinski definition) is 2. The minimum atomic E-state index is -0.123. The Labute approximate surface area is 174 Å². The standard InChI is InChI=1S/C24H22N4O2/c1-16-11-12-28-15-22(27-23(28)13-16)19-5-9-21(10-6-19)26-24(30)14-18-3-7-20(8-4-18)25-17(2)29/h3-13,15H,14H2,1-2H3,(H,25,29)(H,26,30). The van der Waals surface area contributed by atoms with E-state index in [-0.39, 0.29) is 18.2 Å². The first-order valence-electron chi connectivity index (χ1n) is 9.68. The number of rotatable bonds is 5. The van der Waals surface area contributed by atoms with E-state index in [0.29, 0.717) is 5.69 Å². The zero-order valence-corrected chi connectivity index (χ0v) is 16.8. The second-order valence-electron chi connectivity index (χ2n) is 7.28. The van der Waals surface area contributed by atoms with Crippen molar-refractivity contribution in [1.29, 1.82) is 0 Å². The van der Waals surface area contributed by atoms with Crippen molar-refractivity contribution in [2.45, 2.75) is 20.3 Å². The Kier molecular flexibility index (Phi) is 5.30. The van der Waals surface area contributed by atoms with Crippen molar-refractivity contribution in [2.75, 3.05) is 10.6 Å². The molecule has 150 valence electrons. The molecule has 4 aromatic rings. The van der Waals surface area contributed by atoms with Gasteiger partial charge >= 0.3 is 0 Å². The maximum absolute atomic E-state index is 12.4. The quantitative estimate of drug-likeness (QED) is 0.522. The van der Waals surface area contributed by atoms with Crippen molar-refractivity contribution in [3.63, 3.8) is 0 Å². The summed E-state index contributed by atoms with van der Waals surface area (Å²) in [4.78, 5) is 28.1. The van der Waals surface area contributed by atoms with Crippen molar-refractivity contribution in [3.8, 4) is 11.3 Å². The summed E-state index contributed by atoms with van der Waals surface area (Å²) in [5.74, 6) is -0.221. The summed E-state index contributed by atoms with van der Waals surface area (Å²) >= 11 is 0. The largest absolute Gasteiger partial charge is 0.326 e. The zero-order chi connectivity index (χ0) is 21.1. The molecule has 2 aromatic heterocycles. The Hall–Kier alpha value is -3.93. The van der Waals surface area contributed by atoms with Crippen molar-refractivity contribution in [1.82, 2.24) is 9.38 Å². The van der Waals surface area contributed by atoms with Gasteiger partial charge in [-0.25, -0.2) is 4.98 Å². The van der Waals surface area contributed by atoms with Crippen LogP contribution in [0.2, 0.25) is 0 Å². The molecule has 2 amide bonds. The van der Waals surface area contributed by atoms with E-state index < -0.39 is 0 Å². The number of nitrogens with one attached hydrogen (secondary N) is 2. The molecule has 0 spiro atoms. The van der Waals surface area contributed by atoms with E-state index in [4.69, 9.17) is 0 Å². The molecule has 2 N–H and O–H groups in total. The molecular formula is C24H22N4O2. The third-order valence-electron chi connectivity index (χ3n) is 4.72. The Morgan fingerprint density at radius 1 is 0.933 bits per heavy atom. The van der Waals surface area contributed by atoms with Crippen molar-refractivity contribution < 1.29 is 9.59 Å². The Morgan fingerprint density at radius 2 is 1.60 bits per heavy atom. The molecule has 30 heavy (non-hydrogen) atoms. The van der Waals surface area contributed by atoms with E-state index in [0.717, 1.165) is 28.2 Å². The van der Waals surface area contributed by atoms with Gasteiger partial charge in [0.15, 0.2) is 0 Å². The second kappa shape index (κ2) is 8.21. The SMILES string of the molecule is CC(=O)Nc1ccc(CC(=O)Nc2ccc(-c3cn4ccc(C)cc4n3)cc2)cc1. The van der Waals surface area contributed by atoms with Gasteiger partial charge in [-0.2, -0.15) is 0 Å². The summed E-state index contributed by atoms with van der Waals surface area (Å²) < 4.78 is 2.00. The topological polar surface area (TPSA) is 75.5 Å². The van der Waals surface area contributed by atoms with Crippen molar-refractivity contribution in [3.05, 3.63) is 84.2 Å². The lowest BCUT2D eigenvalue weighted by Crippen LogP contribution is -2.14. The van der Waals surface area contributed by atoms with Crippen molar-refractivity contribution in [2.24, 2.45) is 0 Å². The van der Waals surface area contributed by atoms with Crippen LogP contribution < -0.4 is 10.6 Å². The molecule has 0 saturated carbocycles. The van der Waals surface area contributed by atoms with Crippen LogP contribution in [0.3, 0.4) is 0 Å².